The minimum Gasteiger partial charge on any atom is -0.496 e. The number of thiazole rings is 1. The highest BCUT2D eigenvalue weighted by molar-refractivity contribution is 7.07. The molecule has 1 aliphatic heterocycles. The molecule has 0 radical (unpaired) electrons. The first-order valence-electron chi connectivity index (χ1n) is 11.5. The van der Waals surface area contributed by atoms with Crippen molar-refractivity contribution in [1.29, 1.82) is 0 Å². The summed E-state index contributed by atoms with van der Waals surface area (Å²) in [5.74, 6) is 0.896. The van der Waals surface area contributed by atoms with Crippen LogP contribution in [0.2, 0.25) is 0 Å². The maximum Gasteiger partial charge on any atom is 0.338 e. The molecule has 0 amide bonds. The molecule has 1 aromatic heterocycles. The van der Waals surface area contributed by atoms with Crippen LogP contribution in [-0.2, 0) is 9.53 Å². The molecule has 1 atom stereocenters. The molecule has 0 saturated carbocycles. The van der Waals surface area contributed by atoms with Crippen molar-refractivity contribution < 1.29 is 19.0 Å². The predicted molar refractivity (Wildman–Crippen MR) is 136 cm³/mol. The normalized spacial score (nSPS) is 15.5. The number of hydrogen-bond donors (Lipinski definition) is 0. The van der Waals surface area contributed by atoms with Crippen LogP contribution in [0.3, 0.4) is 0 Å². The molecule has 1 aliphatic rings. The summed E-state index contributed by atoms with van der Waals surface area (Å²) in [6.07, 6.45) is 1.84. The Kier molecular flexibility index (Phi) is 7.21. The highest BCUT2D eigenvalue weighted by Gasteiger charge is 2.35. The zero-order valence-electron chi connectivity index (χ0n) is 20.5. The van der Waals surface area contributed by atoms with E-state index >= 15 is 0 Å². The van der Waals surface area contributed by atoms with Crippen molar-refractivity contribution in [1.82, 2.24) is 4.57 Å². The van der Waals surface area contributed by atoms with Crippen molar-refractivity contribution >= 4 is 23.4 Å². The molecule has 35 heavy (non-hydrogen) atoms. The van der Waals surface area contributed by atoms with E-state index < -0.39 is 12.0 Å². The molecule has 4 rings (SSSR count). The van der Waals surface area contributed by atoms with Crippen molar-refractivity contribution in [3.63, 3.8) is 0 Å². The number of fused-ring (bicyclic) bond motifs is 1. The molecule has 8 heteroatoms. The van der Waals surface area contributed by atoms with Gasteiger partial charge in [-0.2, -0.15) is 0 Å². The molecule has 0 saturated heterocycles. The van der Waals surface area contributed by atoms with Gasteiger partial charge in [0.15, 0.2) is 4.80 Å². The van der Waals surface area contributed by atoms with Gasteiger partial charge in [-0.05, 0) is 63.1 Å². The van der Waals surface area contributed by atoms with Gasteiger partial charge in [0.25, 0.3) is 5.56 Å². The average Bonchev–Trinajstić information content (AvgIpc) is 3.13. The molecule has 182 valence electrons. The van der Waals surface area contributed by atoms with E-state index in [0.717, 1.165) is 16.9 Å². The van der Waals surface area contributed by atoms with Crippen molar-refractivity contribution in [3.05, 3.63) is 90.1 Å². The zero-order chi connectivity index (χ0) is 25.1. The first kappa shape index (κ1) is 24.5. The fraction of sp³-hybridized carbons (Fsp3) is 0.296. The van der Waals surface area contributed by atoms with Gasteiger partial charge in [0.1, 0.15) is 17.5 Å². The van der Waals surface area contributed by atoms with Crippen LogP contribution in [0, 0.1) is 6.92 Å². The minimum atomic E-state index is -0.715. The summed E-state index contributed by atoms with van der Waals surface area (Å²) < 4.78 is 18.7. The summed E-state index contributed by atoms with van der Waals surface area (Å²) in [4.78, 5) is 32.0. The summed E-state index contributed by atoms with van der Waals surface area (Å²) in [5.41, 5.74) is 3.18. The highest BCUT2D eigenvalue weighted by Crippen LogP contribution is 2.35. The van der Waals surface area contributed by atoms with Crippen molar-refractivity contribution in [3.8, 4) is 11.5 Å². The van der Waals surface area contributed by atoms with E-state index in [-0.39, 0.29) is 12.2 Å². The molecule has 1 unspecified atom stereocenters. The molecule has 0 N–H and O–H groups in total. The molecule has 2 heterocycles. The lowest BCUT2D eigenvalue weighted by molar-refractivity contribution is -0.139. The van der Waals surface area contributed by atoms with E-state index in [1.807, 2.05) is 62.4 Å². The third-order valence-corrected chi connectivity index (χ3v) is 6.73. The highest BCUT2D eigenvalue weighted by atomic mass is 32.1. The number of benzene rings is 2. The number of allylic oxidation sites excluding steroid dienone is 1. The quantitative estimate of drug-likeness (QED) is 0.472. The van der Waals surface area contributed by atoms with Gasteiger partial charge in [-0.25, -0.2) is 9.79 Å². The molecule has 7 nitrogen and oxygen atoms in total. The van der Waals surface area contributed by atoms with E-state index in [1.54, 1.807) is 25.5 Å². The molecular formula is C27H28N2O5S. The number of nitrogens with zero attached hydrogens (tertiary/aromatic N) is 2. The van der Waals surface area contributed by atoms with Crippen LogP contribution in [0.1, 0.15) is 43.5 Å². The largest absolute Gasteiger partial charge is 0.496 e. The third-order valence-electron chi connectivity index (χ3n) is 5.75. The number of carbonyl (C=O) groups is 1. The van der Waals surface area contributed by atoms with E-state index in [0.29, 0.717) is 38.5 Å². The lowest BCUT2D eigenvalue weighted by Crippen LogP contribution is -2.40. The van der Waals surface area contributed by atoms with Gasteiger partial charge in [-0.3, -0.25) is 9.36 Å². The second-order valence-electron chi connectivity index (χ2n) is 8.00. The van der Waals surface area contributed by atoms with E-state index in [1.165, 1.54) is 11.3 Å². The molecule has 0 fully saturated rings. The van der Waals surface area contributed by atoms with Crippen molar-refractivity contribution in [2.45, 2.75) is 33.7 Å². The molecule has 0 aliphatic carbocycles. The number of aromatic nitrogens is 1. The van der Waals surface area contributed by atoms with Crippen LogP contribution in [-0.4, -0.2) is 30.9 Å². The van der Waals surface area contributed by atoms with Gasteiger partial charge in [0, 0.05) is 5.56 Å². The summed E-state index contributed by atoms with van der Waals surface area (Å²) >= 11 is 1.29. The number of aryl methyl sites for hydroxylation is 1. The number of ether oxygens (including phenoxy) is 3. The lowest BCUT2D eigenvalue weighted by Gasteiger charge is -2.26. The maximum atomic E-state index is 13.8. The monoisotopic (exact) mass is 492 g/mol. The summed E-state index contributed by atoms with van der Waals surface area (Å²) in [7, 11) is 1.63. The lowest BCUT2D eigenvalue weighted by atomic mass is 9.95. The van der Waals surface area contributed by atoms with Gasteiger partial charge in [-0.1, -0.05) is 35.6 Å². The van der Waals surface area contributed by atoms with Gasteiger partial charge < -0.3 is 14.2 Å². The van der Waals surface area contributed by atoms with E-state index in [4.69, 9.17) is 14.2 Å². The molecule has 0 spiro atoms. The van der Waals surface area contributed by atoms with Gasteiger partial charge in [-0.15, -0.1) is 0 Å². The fourth-order valence-corrected chi connectivity index (χ4v) is 5.27. The third kappa shape index (κ3) is 4.66. The Bertz CT molecular complexity index is 1480. The van der Waals surface area contributed by atoms with Crippen LogP contribution in [0.4, 0.5) is 0 Å². The van der Waals surface area contributed by atoms with Crippen LogP contribution < -0.4 is 24.4 Å². The van der Waals surface area contributed by atoms with Crippen LogP contribution in [0.15, 0.2) is 63.5 Å². The SMILES string of the molecule is CCOC(=O)C1=C(C)N=c2s/c(=C\c3ccc(OC)c(C)c3)c(=O)n2C1c1ccccc1OCC. The average molecular weight is 493 g/mol. The Labute approximate surface area is 207 Å². The number of hydrogen-bond acceptors (Lipinski definition) is 7. The first-order valence-corrected chi connectivity index (χ1v) is 12.3. The number of para-hydroxylation sites is 1. The summed E-state index contributed by atoms with van der Waals surface area (Å²) in [5, 5.41) is 0. The smallest absolute Gasteiger partial charge is 0.338 e. The Hall–Kier alpha value is -3.65. The van der Waals surface area contributed by atoms with E-state index in [9.17, 15) is 9.59 Å². The Morgan fingerprint density at radius 1 is 1.11 bits per heavy atom. The second kappa shape index (κ2) is 10.3. The van der Waals surface area contributed by atoms with Crippen LogP contribution in [0.25, 0.3) is 6.08 Å². The zero-order valence-corrected chi connectivity index (χ0v) is 21.3. The minimum absolute atomic E-state index is 0.219. The van der Waals surface area contributed by atoms with Crippen LogP contribution in [0.5, 0.6) is 11.5 Å². The predicted octanol–water partition coefficient (Wildman–Crippen LogP) is 3.51. The molecule has 2 aromatic carbocycles. The van der Waals surface area contributed by atoms with Gasteiger partial charge in [0.2, 0.25) is 0 Å². The summed E-state index contributed by atoms with van der Waals surface area (Å²) in [6.45, 7) is 8.04. The van der Waals surface area contributed by atoms with E-state index in [2.05, 4.69) is 4.99 Å². The topological polar surface area (TPSA) is 79.1 Å². The molecule has 3 aromatic rings. The number of esters is 1. The van der Waals surface area contributed by atoms with Crippen LogP contribution >= 0.6 is 11.3 Å². The van der Waals surface area contributed by atoms with Crippen molar-refractivity contribution in [2.75, 3.05) is 20.3 Å². The van der Waals surface area contributed by atoms with Gasteiger partial charge >= 0.3 is 5.97 Å². The number of methoxy groups -OCH3 is 1. The first-order chi connectivity index (χ1) is 16.9. The fourth-order valence-electron chi connectivity index (χ4n) is 4.22. The van der Waals surface area contributed by atoms with Gasteiger partial charge in [0.05, 0.1) is 36.1 Å². The Morgan fingerprint density at radius 3 is 2.57 bits per heavy atom. The Morgan fingerprint density at radius 2 is 1.89 bits per heavy atom. The number of rotatable bonds is 7. The second-order valence-corrected chi connectivity index (χ2v) is 9.01. The Balaban J connectivity index is 1.96. The number of carbonyl (C=O) groups excluding carboxylic acids is 1. The molecular weight excluding hydrogens is 464 g/mol. The summed E-state index contributed by atoms with van der Waals surface area (Å²) in [6, 6.07) is 12.5. The van der Waals surface area contributed by atoms with Crippen molar-refractivity contribution in [2.24, 2.45) is 4.99 Å². The standard InChI is InChI=1S/C27H28N2O5S/c1-6-33-21-11-9-8-10-19(21)24-23(26(31)34-7-2)17(4)28-27-29(24)25(30)22(35-27)15-18-12-13-20(32-5)16(3)14-18/h8-15,24H,6-7H2,1-5H3/b22-15-. The maximum absolute atomic E-state index is 13.8. The molecule has 0 bridgehead atoms.